The number of unbranched alkanes of at least 4 members (excludes halogenated alkanes) is 1. The van der Waals surface area contributed by atoms with Crippen molar-refractivity contribution in [1.29, 1.82) is 0 Å². The maximum Gasteiger partial charge on any atom is 0.0454 e. The zero-order valence-corrected chi connectivity index (χ0v) is 25.1. The first-order valence-corrected chi connectivity index (χ1v) is 14.7. The van der Waals surface area contributed by atoms with E-state index in [4.69, 9.17) is 0 Å². The zero-order valence-electron chi connectivity index (χ0n) is 25.1. The summed E-state index contributed by atoms with van der Waals surface area (Å²) in [6, 6.07) is 15.3. The summed E-state index contributed by atoms with van der Waals surface area (Å²) in [6.45, 7) is 19.7. The van der Waals surface area contributed by atoms with Gasteiger partial charge in [-0.2, -0.15) is 0 Å². The standard InChI is InChI=1S/C17H23N.C10H14.C6H12.C2H6/c1-4-6-7-14(5-2)13(3)15-8-9-17-16(12-15)10-11-18-17;1-4-10-7-5-6-8(2)9(10)3;1-6-4-2-3-5-6;1-2/h8-12,18H,4-7H2,1-3H3;5-7H,4H2,1-3H3;6H,2-5H2,1H3;1-2H3/b14-13+;;;. The van der Waals surface area contributed by atoms with Crippen LogP contribution in [-0.4, -0.2) is 4.98 Å². The summed E-state index contributed by atoms with van der Waals surface area (Å²) in [7, 11) is 0. The van der Waals surface area contributed by atoms with E-state index in [0.29, 0.717) is 0 Å². The van der Waals surface area contributed by atoms with E-state index in [9.17, 15) is 0 Å². The Balaban J connectivity index is 0.000000301. The topological polar surface area (TPSA) is 15.8 Å². The maximum atomic E-state index is 3.25. The molecule has 4 rings (SSSR count). The molecule has 1 heteroatoms. The van der Waals surface area contributed by atoms with Crippen LogP contribution in [0.4, 0.5) is 0 Å². The van der Waals surface area contributed by atoms with E-state index < -0.39 is 0 Å². The van der Waals surface area contributed by atoms with Crippen LogP contribution in [0, 0.1) is 19.8 Å². The Hall–Kier alpha value is -2.28. The fourth-order valence-corrected chi connectivity index (χ4v) is 4.84. The number of H-pyrrole nitrogens is 1. The molecular formula is C35H55N. The molecule has 1 aliphatic carbocycles. The predicted molar refractivity (Wildman–Crippen MR) is 165 cm³/mol. The van der Waals surface area contributed by atoms with Gasteiger partial charge < -0.3 is 4.98 Å². The summed E-state index contributed by atoms with van der Waals surface area (Å²) < 4.78 is 0. The third-order valence-corrected chi connectivity index (χ3v) is 7.52. The van der Waals surface area contributed by atoms with Crippen molar-refractivity contribution in [2.75, 3.05) is 0 Å². The largest absolute Gasteiger partial charge is 0.361 e. The molecule has 0 bridgehead atoms. The van der Waals surface area contributed by atoms with Crippen LogP contribution in [0.25, 0.3) is 16.5 Å². The highest BCUT2D eigenvalue weighted by atomic mass is 14.7. The lowest BCUT2D eigenvalue weighted by atomic mass is 9.95. The lowest BCUT2D eigenvalue weighted by Crippen LogP contribution is -1.89. The number of aromatic amines is 1. The van der Waals surface area contributed by atoms with Crippen molar-refractivity contribution in [2.24, 2.45) is 5.92 Å². The SMILES string of the molecule is CC.CC1CCCC1.CCCC/C(CC)=C(\C)c1ccc2[nH]ccc2c1.CCc1cccc(C)c1C. The quantitative estimate of drug-likeness (QED) is 0.354. The number of hydrogen-bond acceptors (Lipinski definition) is 0. The van der Waals surface area contributed by atoms with E-state index in [1.165, 1.54) is 83.7 Å². The first-order chi connectivity index (χ1) is 17.4. The second kappa shape index (κ2) is 18.0. The van der Waals surface area contributed by atoms with E-state index in [0.717, 1.165) is 18.8 Å². The Bertz CT molecular complexity index is 1010. The van der Waals surface area contributed by atoms with Crippen LogP contribution in [0.5, 0.6) is 0 Å². The summed E-state index contributed by atoms with van der Waals surface area (Å²) in [5, 5.41) is 1.30. The number of aromatic nitrogens is 1. The lowest BCUT2D eigenvalue weighted by molar-refractivity contribution is 0.612. The minimum Gasteiger partial charge on any atom is -0.361 e. The van der Waals surface area contributed by atoms with Gasteiger partial charge in [0.05, 0.1) is 0 Å². The van der Waals surface area contributed by atoms with Crippen LogP contribution >= 0.6 is 0 Å². The molecule has 0 atom stereocenters. The molecule has 1 N–H and O–H groups in total. The van der Waals surface area contributed by atoms with Crippen LogP contribution in [0.3, 0.4) is 0 Å². The highest BCUT2D eigenvalue weighted by Gasteiger charge is 2.07. The first kappa shape index (κ1) is 31.7. The van der Waals surface area contributed by atoms with E-state index in [2.05, 4.69) is 95.9 Å². The fourth-order valence-electron chi connectivity index (χ4n) is 4.84. The minimum absolute atomic E-state index is 1.05. The van der Waals surface area contributed by atoms with E-state index in [1.807, 2.05) is 20.0 Å². The van der Waals surface area contributed by atoms with Crippen molar-refractivity contribution in [2.45, 2.75) is 120 Å². The zero-order chi connectivity index (χ0) is 26.9. The highest BCUT2D eigenvalue weighted by molar-refractivity contribution is 5.84. The van der Waals surface area contributed by atoms with Crippen molar-refractivity contribution in [3.8, 4) is 0 Å². The number of benzene rings is 2. The molecule has 1 heterocycles. The molecule has 1 saturated carbocycles. The molecule has 200 valence electrons. The molecule has 0 unspecified atom stereocenters. The van der Waals surface area contributed by atoms with Gasteiger partial charge in [0, 0.05) is 11.7 Å². The molecule has 0 aliphatic heterocycles. The molecular weight excluding hydrogens is 434 g/mol. The first-order valence-electron chi connectivity index (χ1n) is 14.7. The number of nitrogens with one attached hydrogen (secondary N) is 1. The molecule has 2 aromatic carbocycles. The molecule has 1 aromatic heterocycles. The van der Waals surface area contributed by atoms with Crippen molar-refractivity contribution in [1.82, 2.24) is 4.98 Å². The van der Waals surface area contributed by atoms with Gasteiger partial charge in [0.15, 0.2) is 0 Å². The van der Waals surface area contributed by atoms with Gasteiger partial charge in [-0.3, -0.25) is 0 Å². The molecule has 0 saturated heterocycles. The Labute approximate surface area is 223 Å². The average molecular weight is 490 g/mol. The molecule has 0 radical (unpaired) electrons. The van der Waals surface area contributed by atoms with E-state index in [1.54, 1.807) is 5.57 Å². The summed E-state index contributed by atoms with van der Waals surface area (Å²) in [5.74, 6) is 1.05. The summed E-state index contributed by atoms with van der Waals surface area (Å²) in [4.78, 5) is 3.25. The van der Waals surface area contributed by atoms with Gasteiger partial charge in [0.2, 0.25) is 0 Å². The number of allylic oxidation sites excluding steroid dienone is 2. The molecule has 1 nitrogen and oxygen atoms in total. The summed E-state index contributed by atoms with van der Waals surface area (Å²) in [5.41, 5.74) is 9.98. The highest BCUT2D eigenvalue weighted by Crippen LogP contribution is 2.27. The van der Waals surface area contributed by atoms with Gasteiger partial charge >= 0.3 is 0 Å². The number of aryl methyl sites for hydroxylation is 2. The van der Waals surface area contributed by atoms with Crippen LogP contribution in [0.1, 0.15) is 122 Å². The van der Waals surface area contributed by atoms with Crippen molar-refractivity contribution in [3.05, 3.63) is 76.5 Å². The van der Waals surface area contributed by atoms with Crippen molar-refractivity contribution < 1.29 is 0 Å². The maximum absolute atomic E-state index is 3.25. The Morgan fingerprint density at radius 3 is 2.17 bits per heavy atom. The van der Waals surface area contributed by atoms with Gasteiger partial charge in [-0.15, -0.1) is 0 Å². The predicted octanol–water partition coefficient (Wildman–Crippen LogP) is 11.6. The fraction of sp³-hybridized carbons (Fsp3) is 0.543. The second-order valence-corrected chi connectivity index (χ2v) is 10.1. The summed E-state index contributed by atoms with van der Waals surface area (Å²) in [6.07, 6.45) is 14.1. The van der Waals surface area contributed by atoms with Gasteiger partial charge in [-0.25, -0.2) is 0 Å². The Morgan fingerprint density at radius 2 is 1.64 bits per heavy atom. The van der Waals surface area contributed by atoms with E-state index in [-0.39, 0.29) is 0 Å². The van der Waals surface area contributed by atoms with Gasteiger partial charge in [0.25, 0.3) is 0 Å². The van der Waals surface area contributed by atoms with Gasteiger partial charge in [0.1, 0.15) is 0 Å². The van der Waals surface area contributed by atoms with Crippen molar-refractivity contribution >= 4 is 16.5 Å². The van der Waals surface area contributed by atoms with Crippen molar-refractivity contribution in [3.63, 3.8) is 0 Å². The Kier molecular flexibility index (Phi) is 15.9. The minimum atomic E-state index is 1.05. The van der Waals surface area contributed by atoms with Gasteiger partial charge in [-0.05, 0) is 104 Å². The molecule has 36 heavy (non-hydrogen) atoms. The monoisotopic (exact) mass is 489 g/mol. The van der Waals surface area contributed by atoms with Crippen LogP contribution in [0.15, 0.2) is 54.2 Å². The van der Waals surface area contributed by atoms with E-state index >= 15 is 0 Å². The molecule has 0 spiro atoms. The Morgan fingerprint density at radius 1 is 0.944 bits per heavy atom. The number of rotatable bonds is 6. The second-order valence-electron chi connectivity index (χ2n) is 10.1. The third-order valence-electron chi connectivity index (χ3n) is 7.52. The third kappa shape index (κ3) is 10.4. The molecule has 0 amide bonds. The summed E-state index contributed by atoms with van der Waals surface area (Å²) >= 11 is 0. The average Bonchev–Trinajstić information content (AvgIpc) is 3.59. The molecule has 1 fully saturated rings. The van der Waals surface area contributed by atoms with Gasteiger partial charge in [-0.1, -0.05) is 103 Å². The van der Waals surface area contributed by atoms with Crippen LogP contribution in [-0.2, 0) is 6.42 Å². The molecule has 1 aliphatic rings. The normalized spacial score (nSPS) is 13.6. The number of fused-ring (bicyclic) bond motifs is 1. The van der Waals surface area contributed by atoms with Crippen LogP contribution in [0.2, 0.25) is 0 Å². The van der Waals surface area contributed by atoms with Crippen LogP contribution < -0.4 is 0 Å². The lowest BCUT2D eigenvalue weighted by Gasteiger charge is -2.11. The number of hydrogen-bond donors (Lipinski definition) is 1. The smallest absolute Gasteiger partial charge is 0.0454 e. The molecule has 3 aromatic rings.